The third kappa shape index (κ3) is 5.03. The lowest BCUT2D eigenvalue weighted by atomic mass is 9.77. The second-order valence-electron chi connectivity index (χ2n) is 8.89. The van der Waals surface area contributed by atoms with Crippen LogP contribution in [0.5, 0.6) is 0 Å². The number of aromatic nitrogens is 2. The van der Waals surface area contributed by atoms with Crippen LogP contribution in [0.1, 0.15) is 43.6 Å². The van der Waals surface area contributed by atoms with Crippen molar-refractivity contribution in [1.82, 2.24) is 9.97 Å². The predicted molar refractivity (Wildman–Crippen MR) is 132 cm³/mol. The highest BCUT2D eigenvalue weighted by atomic mass is 16.4. The molecule has 0 saturated heterocycles. The second kappa shape index (κ2) is 9.41. The number of nitrogens with one attached hydrogen (secondary N) is 1. The van der Waals surface area contributed by atoms with Gasteiger partial charge in [-0.1, -0.05) is 48.5 Å². The molecular formula is C28H27N3O2. The van der Waals surface area contributed by atoms with Crippen LogP contribution in [0.3, 0.4) is 0 Å². The maximum Gasteiger partial charge on any atom is 0.303 e. The molecule has 0 amide bonds. The van der Waals surface area contributed by atoms with E-state index in [2.05, 4.69) is 46.7 Å². The summed E-state index contributed by atoms with van der Waals surface area (Å²) >= 11 is 0. The molecule has 1 aliphatic rings. The van der Waals surface area contributed by atoms with Crippen molar-refractivity contribution in [2.24, 2.45) is 5.92 Å². The van der Waals surface area contributed by atoms with E-state index in [4.69, 9.17) is 10.1 Å². The number of carboxylic acid groups (broad SMARTS) is 1. The molecule has 4 aromatic rings. The number of fused-ring (bicyclic) bond motifs is 1. The number of carboxylic acids is 1. The van der Waals surface area contributed by atoms with Crippen LogP contribution in [0.4, 0.5) is 11.5 Å². The molecule has 1 fully saturated rings. The highest BCUT2D eigenvalue weighted by Crippen LogP contribution is 2.37. The first-order valence-corrected chi connectivity index (χ1v) is 11.5. The third-order valence-electron chi connectivity index (χ3n) is 6.61. The normalized spacial score (nSPS) is 18.2. The Bertz CT molecular complexity index is 1250. The van der Waals surface area contributed by atoms with Gasteiger partial charge in [-0.2, -0.15) is 0 Å². The Morgan fingerprint density at radius 3 is 2.33 bits per heavy atom. The van der Waals surface area contributed by atoms with E-state index in [1.165, 1.54) is 5.56 Å². The predicted octanol–water partition coefficient (Wildman–Crippen LogP) is 6.79. The molecule has 0 radical (unpaired) electrons. The maximum atomic E-state index is 11.0. The van der Waals surface area contributed by atoms with E-state index in [-0.39, 0.29) is 0 Å². The summed E-state index contributed by atoms with van der Waals surface area (Å²) in [6, 6.07) is 25.0. The number of carbonyl (C=O) groups is 1. The summed E-state index contributed by atoms with van der Waals surface area (Å²) < 4.78 is 0. The minimum atomic E-state index is -0.674. The van der Waals surface area contributed by atoms with Gasteiger partial charge in [0.2, 0.25) is 0 Å². The van der Waals surface area contributed by atoms with Gasteiger partial charge in [0.15, 0.2) is 0 Å². The molecule has 166 valence electrons. The highest BCUT2D eigenvalue weighted by Gasteiger charge is 2.23. The molecule has 1 aromatic heterocycles. The fourth-order valence-electron chi connectivity index (χ4n) is 4.81. The fourth-order valence-corrected chi connectivity index (χ4v) is 4.81. The van der Waals surface area contributed by atoms with Crippen LogP contribution in [0, 0.1) is 5.92 Å². The number of nitrogens with zero attached hydrogens (tertiary/aromatic N) is 2. The molecule has 0 unspecified atom stereocenters. The van der Waals surface area contributed by atoms with E-state index in [1.807, 2.05) is 36.4 Å². The molecule has 5 rings (SSSR count). The van der Waals surface area contributed by atoms with Crippen molar-refractivity contribution in [3.63, 3.8) is 0 Å². The Morgan fingerprint density at radius 2 is 1.61 bits per heavy atom. The van der Waals surface area contributed by atoms with Crippen LogP contribution in [0.25, 0.3) is 22.2 Å². The first-order chi connectivity index (χ1) is 16.1. The van der Waals surface area contributed by atoms with Gasteiger partial charge in [0.1, 0.15) is 5.82 Å². The number of para-hydroxylation sites is 1. The molecule has 0 atom stereocenters. The third-order valence-corrected chi connectivity index (χ3v) is 6.61. The van der Waals surface area contributed by atoms with E-state index in [1.54, 1.807) is 6.20 Å². The standard InChI is InChI=1S/C28H27N3O2/c32-28(33)16-19-6-8-20(9-7-19)21-10-12-22(13-11-21)23-14-15-25-26(17-23)29-18-27(31-25)30-24-4-2-1-3-5-24/h1-5,10-15,17-20H,6-9,16H2,(H,30,31)(H,32,33). The van der Waals surface area contributed by atoms with E-state index in [0.29, 0.717) is 18.3 Å². The smallest absolute Gasteiger partial charge is 0.303 e. The van der Waals surface area contributed by atoms with Gasteiger partial charge in [0.05, 0.1) is 17.2 Å². The van der Waals surface area contributed by atoms with Crippen LogP contribution in [-0.2, 0) is 4.79 Å². The van der Waals surface area contributed by atoms with Crippen LogP contribution in [0.15, 0.2) is 79.0 Å². The number of benzene rings is 3. The van der Waals surface area contributed by atoms with E-state index < -0.39 is 5.97 Å². The Labute approximate surface area is 193 Å². The maximum absolute atomic E-state index is 11.0. The average Bonchev–Trinajstić information content (AvgIpc) is 2.85. The lowest BCUT2D eigenvalue weighted by Crippen LogP contribution is -2.16. The summed E-state index contributed by atoms with van der Waals surface area (Å²) in [5.74, 6) is 0.915. The number of aliphatic carboxylic acids is 1. The molecule has 0 spiro atoms. The monoisotopic (exact) mass is 437 g/mol. The zero-order valence-electron chi connectivity index (χ0n) is 18.4. The van der Waals surface area contributed by atoms with Gasteiger partial charge in [-0.05, 0) is 78.5 Å². The Kier molecular flexibility index (Phi) is 6.03. The zero-order valence-corrected chi connectivity index (χ0v) is 18.4. The van der Waals surface area contributed by atoms with E-state index in [0.717, 1.165) is 59.3 Å². The number of hydrogen-bond donors (Lipinski definition) is 2. The summed E-state index contributed by atoms with van der Waals surface area (Å²) in [6.45, 7) is 0. The van der Waals surface area contributed by atoms with Gasteiger partial charge in [-0.25, -0.2) is 4.98 Å². The van der Waals surface area contributed by atoms with Gasteiger partial charge in [0, 0.05) is 12.1 Å². The summed E-state index contributed by atoms with van der Waals surface area (Å²) in [6.07, 6.45) is 6.22. The van der Waals surface area contributed by atoms with Crippen LogP contribution < -0.4 is 5.32 Å². The Morgan fingerprint density at radius 1 is 0.879 bits per heavy atom. The van der Waals surface area contributed by atoms with Crippen molar-refractivity contribution in [3.05, 3.63) is 84.6 Å². The van der Waals surface area contributed by atoms with Gasteiger partial charge in [0.25, 0.3) is 0 Å². The molecule has 5 heteroatoms. The molecule has 2 N–H and O–H groups in total. The van der Waals surface area contributed by atoms with Crippen molar-refractivity contribution in [3.8, 4) is 11.1 Å². The second-order valence-corrected chi connectivity index (χ2v) is 8.89. The van der Waals surface area contributed by atoms with Crippen molar-refractivity contribution in [2.75, 3.05) is 5.32 Å². The molecule has 0 bridgehead atoms. The molecule has 5 nitrogen and oxygen atoms in total. The van der Waals surface area contributed by atoms with Crippen molar-refractivity contribution >= 4 is 28.5 Å². The minimum Gasteiger partial charge on any atom is -0.481 e. The molecule has 1 saturated carbocycles. The van der Waals surface area contributed by atoms with Gasteiger partial charge < -0.3 is 10.4 Å². The molecule has 1 aliphatic carbocycles. The molecule has 0 aliphatic heterocycles. The molecular weight excluding hydrogens is 410 g/mol. The zero-order chi connectivity index (χ0) is 22.6. The van der Waals surface area contributed by atoms with Crippen LogP contribution >= 0.6 is 0 Å². The quantitative estimate of drug-likeness (QED) is 0.347. The van der Waals surface area contributed by atoms with Crippen molar-refractivity contribution < 1.29 is 9.90 Å². The Balaban J connectivity index is 1.28. The Hall–Kier alpha value is -3.73. The summed E-state index contributed by atoms with van der Waals surface area (Å²) in [7, 11) is 0. The van der Waals surface area contributed by atoms with Crippen LogP contribution in [-0.4, -0.2) is 21.0 Å². The van der Waals surface area contributed by atoms with Crippen molar-refractivity contribution in [1.29, 1.82) is 0 Å². The topological polar surface area (TPSA) is 75.1 Å². The molecule has 3 aromatic carbocycles. The fraction of sp³-hybridized carbons (Fsp3) is 0.250. The van der Waals surface area contributed by atoms with Gasteiger partial charge in [-0.15, -0.1) is 0 Å². The van der Waals surface area contributed by atoms with Crippen LogP contribution in [0.2, 0.25) is 0 Å². The van der Waals surface area contributed by atoms with Gasteiger partial charge >= 0.3 is 5.97 Å². The number of anilines is 2. The number of hydrogen-bond acceptors (Lipinski definition) is 4. The summed E-state index contributed by atoms with van der Waals surface area (Å²) in [5, 5.41) is 12.3. The highest BCUT2D eigenvalue weighted by molar-refractivity contribution is 5.82. The van der Waals surface area contributed by atoms with Gasteiger partial charge in [-0.3, -0.25) is 9.78 Å². The van der Waals surface area contributed by atoms with E-state index in [9.17, 15) is 4.79 Å². The first-order valence-electron chi connectivity index (χ1n) is 11.5. The van der Waals surface area contributed by atoms with E-state index >= 15 is 0 Å². The van der Waals surface area contributed by atoms with Crippen molar-refractivity contribution in [2.45, 2.75) is 38.0 Å². The summed E-state index contributed by atoms with van der Waals surface area (Å²) in [4.78, 5) is 20.3. The molecule has 33 heavy (non-hydrogen) atoms. The summed E-state index contributed by atoms with van der Waals surface area (Å²) in [5.41, 5.74) is 6.34. The lowest BCUT2D eigenvalue weighted by Gasteiger charge is -2.28. The SMILES string of the molecule is O=C(O)CC1CCC(c2ccc(-c3ccc4nc(Nc5ccccc5)cnc4c3)cc2)CC1. The largest absolute Gasteiger partial charge is 0.481 e. The molecule has 1 heterocycles. The average molecular weight is 438 g/mol. The lowest BCUT2D eigenvalue weighted by molar-refractivity contribution is -0.138. The minimum absolute atomic E-state index is 0.306. The number of rotatable bonds is 6. The first kappa shape index (κ1) is 21.1.